The van der Waals surface area contributed by atoms with Crippen LogP contribution in [0.2, 0.25) is 0 Å². The van der Waals surface area contributed by atoms with Crippen LogP contribution in [0.15, 0.2) is 42.5 Å². The lowest BCUT2D eigenvalue weighted by Gasteiger charge is -2.23. The number of rotatable bonds is 5. The second kappa shape index (κ2) is 6.39. The molecule has 0 fully saturated rings. The van der Waals surface area contributed by atoms with Gasteiger partial charge in [0.1, 0.15) is 0 Å². The summed E-state index contributed by atoms with van der Waals surface area (Å²) in [6.45, 7) is 4.17. The maximum atomic E-state index is 12.7. The van der Waals surface area contributed by atoms with E-state index in [0.29, 0.717) is 12.1 Å². The van der Waals surface area contributed by atoms with Gasteiger partial charge in [-0.1, -0.05) is 43.3 Å². The van der Waals surface area contributed by atoms with Gasteiger partial charge in [-0.3, -0.25) is 9.59 Å². The van der Waals surface area contributed by atoms with Crippen LogP contribution < -0.4 is 0 Å². The third kappa shape index (κ3) is 3.21. The zero-order valence-corrected chi connectivity index (χ0v) is 12.2. The quantitative estimate of drug-likeness (QED) is 0.918. The summed E-state index contributed by atoms with van der Waals surface area (Å²) in [5.74, 6) is -1.59. The Labute approximate surface area is 124 Å². The molecule has 0 aromatic heterocycles. The fourth-order valence-corrected chi connectivity index (χ4v) is 2.35. The Hall–Kier alpha value is -2.36. The topological polar surface area (TPSA) is 57.6 Å². The summed E-state index contributed by atoms with van der Waals surface area (Å²) >= 11 is 0. The minimum atomic E-state index is -0.890. The average molecular weight is 285 g/mol. The van der Waals surface area contributed by atoms with Gasteiger partial charge >= 0.3 is 5.97 Å². The summed E-state index contributed by atoms with van der Waals surface area (Å²) in [6, 6.07) is 13.3. The van der Waals surface area contributed by atoms with Gasteiger partial charge < -0.3 is 10.0 Å². The second-order valence-corrected chi connectivity index (χ2v) is 5.11. The predicted octanol–water partition coefficient (Wildman–Crippen LogP) is 3.02. The molecule has 1 atom stereocenters. The van der Waals surface area contributed by atoms with Crippen LogP contribution in [0, 0.1) is 5.92 Å². The van der Waals surface area contributed by atoms with E-state index in [4.69, 9.17) is 5.11 Å². The van der Waals surface area contributed by atoms with Crippen molar-refractivity contribution in [2.24, 2.45) is 5.92 Å². The molecule has 21 heavy (non-hydrogen) atoms. The number of fused-ring (bicyclic) bond motifs is 1. The van der Waals surface area contributed by atoms with Crippen molar-refractivity contribution in [1.82, 2.24) is 4.90 Å². The maximum Gasteiger partial charge on any atom is 0.308 e. The zero-order valence-electron chi connectivity index (χ0n) is 12.2. The SMILES string of the molecule is CCN(CC(C)C(=O)O)C(=O)c1cccc2ccccc12. The molecule has 2 aromatic rings. The molecule has 2 aromatic carbocycles. The molecule has 1 amide bonds. The predicted molar refractivity (Wildman–Crippen MR) is 82.3 cm³/mol. The number of amides is 1. The molecule has 0 bridgehead atoms. The molecule has 4 nitrogen and oxygen atoms in total. The van der Waals surface area contributed by atoms with Gasteiger partial charge in [-0.05, 0) is 23.8 Å². The van der Waals surface area contributed by atoms with Gasteiger partial charge in [-0.15, -0.1) is 0 Å². The van der Waals surface area contributed by atoms with Gasteiger partial charge in [0.2, 0.25) is 0 Å². The van der Waals surface area contributed by atoms with Crippen LogP contribution in [0.1, 0.15) is 24.2 Å². The Kier molecular flexibility index (Phi) is 4.58. The van der Waals surface area contributed by atoms with Crippen LogP contribution >= 0.6 is 0 Å². The van der Waals surface area contributed by atoms with Gasteiger partial charge in [-0.25, -0.2) is 0 Å². The fourth-order valence-electron chi connectivity index (χ4n) is 2.35. The first kappa shape index (κ1) is 15.0. The molecule has 0 saturated carbocycles. The molecule has 0 aliphatic rings. The molecule has 0 aliphatic heterocycles. The summed E-state index contributed by atoms with van der Waals surface area (Å²) in [6.07, 6.45) is 0. The highest BCUT2D eigenvalue weighted by molar-refractivity contribution is 6.07. The normalized spacial score (nSPS) is 12.1. The highest BCUT2D eigenvalue weighted by Crippen LogP contribution is 2.20. The van der Waals surface area contributed by atoms with Crippen LogP contribution in [0.3, 0.4) is 0 Å². The largest absolute Gasteiger partial charge is 0.481 e. The van der Waals surface area contributed by atoms with Crippen molar-refractivity contribution in [3.8, 4) is 0 Å². The van der Waals surface area contributed by atoms with E-state index >= 15 is 0 Å². The lowest BCUT2D eigenvalue weighted by molar-refractivity contribution is -0.141. The molecule has 0 spiro atoms. The summed E-state index contributed by atoms with van der Waals surface area (Å²) < 4.78 is 0. The number of carboxylic acid groups (broad SMARTS) is 1. The Morgan fingerprint density at radius 1 is 1.14 bits per heavy atom. The standard InChI is InChI=1S/C17H19NO3/c1-3-18(11-12(2)17(20)21)16(19)15-10-6-8-13-7-4-5-9-14(13)15/h4-10,12H,3,11H2,1-2H3,(H,20,21). The Balaban J connectivity index is 2.34. The van der Waals surface area contributed by atoms with E-state index in [1.165, 1.54) is 0 Å². The molecule has 1 unspecified atom stereocenters. The lowest BCUT2D eigenvalue weighted by atomic mass is 10.0. The van der Waals surface area contributed by atoms with Crippen molar-refractivity contribution in [2.75, 3.05) is 13.1 Å². The number of carboxylic acids is 1. The molecule has 1 N–H and O–H groups in total. The summed E-state index contributed by atoms with van der Waals surface area (Å²) in [7, 11) is 0. The minimum Gasteiger partial charge on any atom is -0.481 e. The van der Waals surface area contributed by atoms with Gasteiger partial charge in [0.25, 0.3) is 5.91 Å². The van der Waals surface area contributed by atoms with E-state index in [9.17, 15) is 9.59 Å². The molecule has 0 aliphatic carbocycles. The van der Waals surface area contributed by atoms with Crippen LogP contribution in [0.25, 0.3) is 10.8 Å². The van der Waals surface area contributed by atoms with Crippen LogP contribution in [0.5, 0.6) is 0 Å². The van der Waals surface area contributed by atoms with E-state index in [-0.39, 0.29) is 12.5 Å². The third-order valence-corrected chi connectivity index (χ3v) is 3.60. The Morgan fingerprint density at radius 3 is 2.48 bits per heavy atom. The number of aliphatic carboxylic acids is 1. The van der Waals surface area contributed by atoms with Crippen LogP contribution in [-0.4, -0.2) is 35.0 Å². The number of hydrogen-bond donors (Lipinski definition) is 1. The number of hydrogen-bond acceptors (Lipinski definition) is 2. The molecule has 110 valence electrons. The number of carbonyl (C=O) groups is 2. The third-order valence-electron chi connectivity index (χ3n) is 3.60. The zero-order chi connectivity index (χ0) is 15.4. The average Bonchev–Trinajstić information content (AvgIpc) is 2.51. The van der Waals surface area contributed by atoms with E-state index in [2.05, 4.69) is 0 Å². The van der Waals surface area contributed by atoms with Crippen molar-refractivity contribution >= 4 is 22.6 Å². The first-order valence-corrected chi connectivity index (χ1v) is 7.04. The highest BCUT2D eigenvalue weighted by Gasteiger charge is 2.21. The van der Waals surface area contributed by atoms with Gasteiger partial charge in [0.15, 0.2) is 0 Å². The van der Waals surface area contributed by atoms with E-state index in [1.807, 2.05) is 43.3 Å². The van der Waals surface area contributed by atoms with Gasteiger partial charge in [0.05, 0.1) is 5.92 Å². The van der Waals surface area contributed by atoms with Crippen LogP contribution in [0.4, 0.5) is 0 Å². The molecular weight excluding hydrogens is 266 g/mol. The first-order chi connectivity index (χ1) is 10.0. The van der Waals surface area contributed by atoms with Crippen LogP contribution in [-0.2, 0) is 4.79 Å². The first-order valence-electron chi connectivity index (χ1n) is 7.04. The van der Waals surface area contributed by atoms with E-state index < -0.39 is 11.9 Å². The maximum absolute atomic E-state index is 12.7. The summed E-state index contributed by atoms with van der Waals surface area (Å²) in [5.41, 5.74) is 0.618. The number of nitrogens with zero attached hydrogens (tertiary/aromatic N) is 1. The molecule has 2 rings (SSSR count). The van der Waals surface area contributed by atoms with E-state index in [1.54, 1.807) is 17.9 Å². The molecular formula is C17H19NO3. The summed E-state index contributed by atoms with van der Waals surface area (Å²) in [4.78, 5) is 25.2. The van der Waals surface area contributed by atoms with Crippen molar-refractivity contribution in [3.05, 3.63) is 48.0 Å². The van der Waals surface area contributed by atoms with E-state index in [0.717, 1.165) is 10.8 Å². The fraction of sp³-hybridized carbons (Fsp3) is 0.294. The smallest absolute Gasteiger partial charge is 0.308 e. The Morgan fingerprint density at radius 2 is 1.81 bits per heavy atom. The van der Waals surface area contributed by atoms with Gasteiger partial charge in [0, 0.05) is 18.7 Å². The molecule has 0 radical (unpaired) electrons. The van der Waals surface area contributed by atoms with Crippen molar-refractivity contribution in [1.29, 1.82) is 0 Å². The molecule has 0 heterocycles. The number of carbonyl (C=O) groups excluding carboxylic acids is 1. The van der Waals surface area contributed by atoms with Crippen molar-refractivity contribution < 1.29 is 14.7 Å². The van der Waals surface area contributed by atoms with Crippen molar-refractivity contribution in [2.45, 2.75) is 13.8 Å². The monoisotopic (exact) mass is 285 g/mol. The molecule has 4 heteroatoms. The van der Waals surface area contributed by atoms with Gasteiger partial charge in [-0.2, -0.15) is 0 Å². The lowest BCUT2D eigenvalue weighted by Crippen LogP contribution is -2.36. The molecule has 0 saturated heterocycles. The second-order valence-electron chi connectivity index (χ2n) is 5.11. The van der Waals surface area contributed by atoms with Crippen molar-refractivity contribution in [3.63, 3.8) is 0 Å². The number of benzene rings is 2. The Bertz CT molecular complexity index is 661. The highest BCUT2D eigenvalue weighted by atomic mass is 16.4. The minimum absolute atomic E-state index is 0.123. The summed E-state index contributed by atoms with van der Waals surface area (Å²) in [5, 5.41) is 10.9.